The molecule has 0 unspecified atom stereocenters. The second-order valence-corrected chi connectivity index (χ2v) is 7.25. The highest BCUT2D eigenvalue weighted by atomic mass is 32.2. The molecule has 1 N–H and O–H groups in total. The second-order valence-electron chi connectivity index (χ2n) is 5.60. The third-order valence-corrected chi connectivity index (χ3v) is 5.35. The average molecular weight is 373 g/mol. The molecule has 0 bridgehead atoms. The fourth-order valence-corrected chi connectivity index (χ4v) is 3.77. The third kappa shape index (κ3) is 3.40. The largest absolute Gasteiger partial charge is 0.278 e. The van der Waals surface area contributed by atoms with Gasteiger partial charge in [-0.25, -0.2) is 18.1 Å². The molecule has 0 atom stereocenters. The Kier molecular flexibility index (Phi) is 4.43. The lowest BCUT2D eigenvalue weighted by Gasteiger charge is -2.12. The summed E-state index contributed by atoms with van der Waals surface area (Å²) in [6.45, 7) is 3.23. The van der Waals surface area contributed by atoms with Crippen LogP contribution in [0.15, 0.2) is 53.8 Å². The number of nitrogens with zero attached hydrogens (tertiary/aromatic N) is 4. The van der Waals surface area contributed by atoms with Gasteiger partial charge in [0.15, 0.2) is 5.82 Å². The van der Waals surface area contributed by atoms with Crippen LogP contribution in [0.2, 0.25) is 0 Å². The van der Waals surface area contributed by atoms with E-state index in [0.29, 0.717) is 16.9 Å². The van der Waals surface area contributed by atoms with Crippen molar-refractivity contribution in [2.75, 3.05) is 4.72 Å². The number of aromatic nitrogens is 3. The molecular formula is C16H15N5O4S. The molecule has 0 aliphatic rings. The van der Waals surface area contributed by atoms with Crippen molar-refractivity contribution < 1.29 is 13.3 Å². The molecule has 0 aliphatic heterocycles. The minimum Gasteiger partial charge on any atom is -0.278 e. The molecule has 0 aliphatic carbocycles. The fourth-order valence-electron chi connectivity index (χ4n) is 2.39. The molecule has 0 fully saturated rings. The van der Waals surface area contributed by atoms with E-state index < -0.39 is 14.9 Å². The van der Waals surface area contributed by atoms with Gasteiger partial charge in [0.05, 0.1) is 21.7 Å². The molecule has 2 aromatic heterocycles. The first kappa shape index (κ1) is 17.5. The molecule has 3 aromatic rings. The lowest BCUT2D eigenvalue weighted by atomic mass is 10.1. The van der Waals surface area contributed by atoms with Crippen molar-refractivity contribution in [3.8, 4) is 5.82 Å². The number of non-ortho nitro benzene ring substituents is 1. The van der Waals surface area contributed by atoms with Crippen LogP contribution in [-0.4, -0.2) is 28.1 Å². The summed E-state index contributed by atoms with van der Waals surface area (Å²) in [5, 5.41) is 15.1. The normalized spacial score (nSPS) is 11.3. The summed E-state index contributed by atoms with van der Waals surface area (Å²) in [6.07, 6.45) is 4.67. The van der Waals surface area contributed by atoms with Crippen LogP contribution < -0.4 is 4.72 Å². The maximum atomic E-state index is 12.7. The summed E-state index contributed by atoms with van der Waals surface area (Å²) in [6, 6.07) is 7.29. The Labute approximate surface area is 149 Å². The van der Waals surface area contributed by atoms with Crippen LogP contribution in [0, 0.1) is 24.0 Å². The molecule has 0 amide bonds. The van der Waals surface area contributed by atoms with Gasteiger partial charge in [-0.1, -0.05) is 0 Å². The molecule has 1 aromatic carbocycles. The minimum atomic E-state index is -4.01. The van der Waals surface area contributed by atoms with Gasteiger partial charge in [-0.05, 0) is 43.2 Å². The number of nitro benzene ring substituents is 1. The van der Waals surface area contributed by atoms with E-state index in [2.05, 4.69) is 14.8 Å². The topological polar surface area (TPSA) is 120 Å². The maximum Gasteiger partial charge on any atom is 0.271 e. The maximum absolute atomic E-state index is 12.7. The standard InChI is InChI=1S/C16H15N5O4S/c1-11-8-14(21(22)23)9-15(12(11)2)26(24,25)19-13-4-5-16(17-10-13)20-7-3-6-18-20/h3-10,19H,1-2H3. The predicted molar refractivity (Wildman–Crippen MR) is 94.7 cm³/mol. The average Bonchev–Trinajstić information content (AvgIpc) is 3.11. The Bertz CT molecular complexity index is 1060. The zero-order valence-corrected chi connectivity index (χ0v) is 14.8. The number of hydrogen-bond acceptors (Lipinski definition) is 6. The third-order valence-electron chi connectivity index (χ3n) is 3.84. The molecule has 3 rings (SSSR count). The van der Waals surface area contributed by atoms with Crippen LogP contribution >= 0.6 is 0 Å². The number of anilines is 1. The number of benzene rings is 1. The lowest BCUT2D eigenvalue weighted by molar-refractivity contribution is -0.385. The van der Waals surface area contributed by atoms with Gasteiger partial charge in [0.1, 0.15) is 0 Å². The Hall–Kier alpha value is -3.27. The van der Waals surface area contributed by atoms with E-state index in [-0.39, 0.29) is 16.3 Å². The zero-order chi connectivity index (χ0) is 18.9. The van der Waals surface area contributed by atoms with Gasteiger partial charge < -0.3 is 0 Å². The molecule has 2 heterocycles. The molecular weight excluding hydrogens is 358 g/mol. The molecule has 0 spiro atoms. The number of nitrogens with one attached hydrogen (secondary N) is 1. The van der Waals surface area contributed by atoms with Crippen molar-refractivity contribution in [1.29, 1.82) is 0 Å². The van der Waals surface area contributed by atoms with Crippen LogP contribution in [0.5, 0.6) is 0 Å². The zero-order valence-electron chi connectivity index (χ0n) is 13.9. The van der Waals surface area contributed by atoms with Crippen molar-refractivity contribution in [2.24, 2.45) is 0 Å². The Morgan fingerprint density at radius 3 is 2.58 bits per heavy atom. The predicted octanol–water partition coefficient (Wildman–Crippen LogP) is 2.59. The Morgan fingerprint density at radius 2 is 2.00 bits per heavy atom. The quantitative estimate of drug-likeness (QED) is 0.542. The van der Waals surface area contributed by atoms with Crippen LogP contribution in [0.3, 0.4) is 0 Å². The van der Waals surface area contributed by atoms with Gasteiger partial charge in [0.2, 0.25) is 0 Å². The summed E-state index contributed by atoms with van der Waals surface area (Å²) < 4.78 is 29.3. The molecule has 26 heavy (non-hydrogen) atoms. The summed E-state index contributed by atoms with van der Waals surface area (Å²) in [4.78, 5) is 14.4. The highest BCUT2D eigenvalue weighted by Gasteiger charge is 2.22. The van der Waals surface area contributed by atoms with E-state index in [9.17, 15) is 18.5 Å². The number of aryl methyl sites for hydroxylation is 1. The van der Waals surface area contributed by atoms with E-state index in [1.165, 1.54) is 16.9 Å². The number of hydrogen-bond donors (Lipinski definition) is 1. The molecule has 0 radical (unpaired) electrons. The molecule has 0 saturated carbocycles. The SMILES string of the molecule is Cc1cc([N+](=O)[O-])cc(S(=O)(=O)Nc2ccc(-n3cccn3)nc2)c1C. The first-order chi connectivity index (χ1) is 12.3. The van der Waals surface area contributed by atoms with E-state index >= 15 is 0 Å². The highest BCUT2D eigenvalue weighted by molar-refractivity contribution is 7.92. The van der Waals surface area contributed by atoms with Gasteiger partial charge in [0, 0.05) is 24.5 Å². The van der Waals surface area contributed by atoms with Crippen molar-refractivity contribution >= 4 is 21.4 Å². The van der Waals surface area contributed by atoms with Gasteiger partial charge in [0.25, 0.3) is 15.7 Å². The highest BCUT2D eigenvalue weighted by Crippen LogP contribution is 2.27. The van der Waals surface area contributed by atoms with E-state index in [1.807, 2.05) is 0 Å². The van der Waals surface area contributed by atoms with Crippen molar-refractivity contribution in [3.63, 3.8) is 0 Å². The summed E-state index contributed by atoms with van der Waals surface area (Å²) in [7, 11) is -4.01. The lowest BCUT2D eigenvalue weighted by Crippen LogP contribution is -2.15. The van der Waals surface area contributed by atoms with Gasteiger partial charge in [-0.3, -0.25) is 14.8 Å². The number of pyridine rings is 1. The van der Waals surface area contributed by atoms with Crippen molar-refractivity contribution in [3.05, 3.63) is 70.2 Å². The van der Waals surface area contributed by atoms with Crippen LogP contribution in [0.25, 0.3) is 5.82 Å². The fraction of sp³-hybridized carbons (Fsp3) is 0.125. The first-order valence-corrected chi connectivity index (χ1v) is 9.01. The van der Waals surface area contributed by atoms with Crippen molar-refractivity contribution in [1.82, 2.24) is 14.8 Å². The van der Waals surface area contributed by atoms with Crippen LogP contribution in [0.1, 0.15) is 11.1 Å². The Balaban J connectivity index is 1.93. The van der Waals surface area contributed by atoms with E-state index in [0.717, 1.165) is 6.07 Å². The summed E-state index contributed by atoms with van der Waals surface area (Å²) in [5.41, 5.74) is 0.932. The minimum absolute atomic E-state index is 0.139. The van der Waals surface area contributed by atoms with Crippen LogP contribution in [-0.2, 0) is 10.0 Å². The van der Waals surface area contributed by atoms with Gasteiger partial charge in [-0.2, -0.15) is 5.10 Å². The summed E-state index contributed by atoms with van der Waals surface area (Å²) in [5.74, 6) is 0.528. The van der Waals surface area contributed by atoms with Crippen molar-refractivity contribution in [2.45, 2.75) is 18.7 Å². The molecule has 10 heteroatoms. The van der Waals surface area contributed by atoms with Gasteiger partial charge >= 0.3 is 0 Å². The number of sulfonamides is 1. The first-order valence-electron chi connectivity index (χ1n) is 7.52. The summed E-state index contributed by atoms with van der Waals surface area (Å²) >= 11 is 0. The second kappa shape index (κ2) is 6.56. The van der Waals surface area contributed by atoms with E-state index in [4.69, 9.17) is 0 Å². The smallest absolute Gasteiger partial charge is 0.271 e. The molecule has 0 saturated heterocycles. The van der Waals surface area contributed by atoms with Crippen LogP contribution in [0.4, 0.5) is 11.4 Å². The Morgan fingerprint density at radius 1 is 1.23 bits per heavy atom. The molecule has 134 valence electrons. The van der Waals surface area contributed by atoms with Gasteiger partial charge in [-0.15, -0.1) is 0 Å². The molecule has 9 nitrogen and oxygen atoms in total. The van der Waals surface area contributed by atoms with E-state index in [1.54, 1.807) is 44.4 Å². The number of rotatable bonds is 5. The monoisotopic (exact) mass is 373 g/mol. The number of nitro groups is 1.